The Morgan fingerprint density at radius 1 is 1.33 bits per heavy atom. The van der Waals surface area contributed by atoms with Gasteiger partial charge >= 0.3 is 0 Å². The maximum atomic E-state index is 10.4. The molecule has 0 aliphatic heterocycles. The molecule has 3 rings (SSSR count). The van der Waals surface area contributed by atoms with Crippen LogP contribution in [-0.4, -0.2) is 14.7 Å². The first kappa shape index (κ1) is 11.5. The van der Waals surface area contributed by atoms with E-state index in [0.717, 1.165) is 24.4 Å². The lowest BCUT2D eigenvalue weighted by Crippen LogP contribution is -2.09. The van der Waals surface area contributed by atoms with Crippen LogP contribution in [0.2, 0.25) is 0 Å². The van der Waals surface area contributed by atoms with Crippen molar-refractivity contribution in [3.8, 4) is 0 Å². The molecule has 0 spiro atoms. The van der Waals surface area contributed by atoms with E-state index in [2.05, 4.69) is 24.0 Å². The topological polar surface area (TPSA) is 38.0 Å². The summed E-state index contributed by atoms with van der Waals surface area (Å²) in [6.45, 7) is 2.89. The molecule has 0 saturated carbocycles. The third-order valence-electron chi connectivity index (χ3n) is 3.77. The molecule has 1 aliphatic carbocycles. The van der Waals surface area contributed by atoms with Gasteiger partial charge in [-0.05, 0) is 42.9 Å². The molecule has 1 N–H and O–H groups in total. The number of aryl methyl sites for hydroxylation is 3. The molecule has 3 nitrogen and oxygen atoms in total. The minimum atomic E-state index is -0.620. The molecule has 0 bridgehead atoms. The highest BCUT2D eigenvalue weighted by atomic mass is 16.3. The van der Waals surface area contributed by atoms with Crippen molar-refractivity contribution in [3.63, 3.8) is 0 Å². The van der Waals surface area contributed by atoms with Crippen LogP contribution in [0.15, 0.2) is 30.6 Å². The summed E-state index contributed by atoms with van der Waals surface area (Å²) in [5.41, 5.74) is 3.78. The molecule has 1 aliphatic rings. The van der Waals surface area contributed by atoms with Crippen LogP contribution >= 0.6 is 0 Å². The molecule has 1 aromatic carbocycles. The molecule has 18 heavy (non-hydrogen) atoms. The van der Waals surface area contributed by atoms with E-state index >= 15 is 0 Å². The van der Waals surface area contributed by atoms with Crippen LogP contribution < -0.4 is 0 Å². The van der Waals surface area contributed by atoms with Gasteiger partial charge < -0.3 is 9.67 Å². The number of fused-ring (bicyclic) bond motifs is 1. The second-order valence-corrected chi connectivity index (χ2v) is 4.86. The number of aliphatic hydroxyl groups excluding tert-OH is 1. The lowest BCUT2D eigenvalue weighted by molar-refractivity contribution is 0.204. The second kappa shape index (κ2) is 4.58. The summed E-state index contributed by atoms with van der Waals surface area (Å²) in [5, 5.41) is 10.4. The normalized spacial score (nSPS) is 15.7. The second-order valence-electron chi connectivity index (χ2n) is 4.86. The Kier molecular flexibility index (Phi) is 2.92. The van der Waals surface area contributed by atoms with Crippen molar-refractivity contribution >= 4 is 0 Å². The van der Waals surface area contributed by atoms with Gasteiger partial charge in [0.1, 0.15) is 11.9 Å². The smallest absolute Gasteiger partial charge is 0.142 e. The van der Waals surface area contributed by atoms with Crippen LogP contribution in [0.5, 0.6) is 0 Å². The number of imidazole rings is 1. The molecule has 1 heterocycles. The number of aromatic nitrogens is 2. The van der Waals surface area contributed by atoms with E-state index in [1.807, 2.05) is 16.8 Å². The third-order valence-corrected chi connectivity index (χ3v) is 3.77. The molecule has 2 aromatic rings. The minimum absolute atomic E-state index is 0.620. The molecular weight excluding hydrogens is 224 g/mol. The van der Waals surface area contributed by atoms with Crippen LogP contribution in [0.4, 0.5) is 0 Å². The fourth-order valence-electron chi connectivity index (χ4n) is 2.75. The zero-order valence-electron chi connectivity index (χ0n) is 10.6. The van der Waals surface area contributed by atoms with E-state index < -0.39 is 6.10 Å². The van der Waals surface area contributed by atoms with Crippen molar-refractivity contribution in [3.05, 3.63) is 53.1 Å². The predicted molar refractivity (Wildman–Crippen MR) is 70.4 cm³/mol. The Morgan fingerprint density at radius 3 is 3.00 bits per heavy atom. The van der Waals surface area contributed by atoms with Crippen LogP contribution in [0.3, 0.4) is 0 Å². The Balaban J connectivity index is 1.95. The Labute approximate surface area is 107 Å². The summed E-state index contributed by atoms with van der Waals surface area (Å²) in [7, 11) is 0. The third kappa shape index (κ3) is 1.85. The quantitative estimate of drug-likeness (QED) is 0.898. The van der Waals surface area contributed by atoms with E-state index in [1.54, 1.807) is 6.20 Å². The van der Waals surface area contributed by atoms with Gasteiger partial charge in [0.2, 0.25) is 0 Å². The van der Waals surface area contributed by atoms with Gasteiger partial charge in [0.15, 0.2) is 0 Å². The van der Waals surface area contributed by atoms with Gasteiger partial charge in [-0.15, -0.1) is 0 Å². The summed E-state index contributed by atoms with van der Waals surface area (Å²) in [4.78, 5) is 4.27. The van der Waals surface area contributed by atoms with Gasteiger partial charge in [0.05, 0.1) is 0 Å². The van der Waals surface area contributed by atoms with E-state index in [9.17, 15) is 5.11 Å². The van der Waals surface area contributed by atoms with Gasteiger partial charge in [0.25, 0.3) is 0 Å². The van der Waals surface area contributed by atoms with Crippen molar-refractivity contribution in [1.29, 1.82) is 0 Å². The summed E-state index contributed by atoms with van der Waals surface area (Å²) in [6, 6.07) is 6.32. The Bertz CT molecular complexity index is 559. The largest absolute Gasteiger partial charge is 0.380 e. The van der Waals surface area contributed by atoms with E-state index in [0.29, 0.717) is 0 Å². The highest BCUT2D eigenvalue weighted by molar-refractivity contribution is 5.37. The summed E-state index contributed by atoms with van der Waals surface area (Å²) >= 11 is 0. The fraction of sp³-hybridized carbons (Fsp3) is 0.400. The first-order valence-corrected chi connectivity index (χ1v) is 6.60. The number of nitrogens with zero attached hydrogens (tertiary/aromatic N) is 2. The summed E-state index contributed by atoms with van der Waals surface area (Å²) in [5.74, 6) is 0.732. The Hall–Kier alpha value is -1.61. The molecule has 0 saturated heterocycles. The van der Waals surface area contributed by atoms with E-state index in [1.165, 1.54) is 24.0 Å². The number of hydrogen-bond donors (Lipinski definition) is 1. The van der Waals surface area contributed by atoms with Crippen LogP contribution in [0.25, 0.3) is 0 Å². The van der Waals surface area contributed by atoms with Crippen molar-refractivity contribution in [2.75, 3.05) is 0 Å². The van der Waals surface area contributed by atoms with Crippen LogP contribution in [0, 0.1) is 0 Å². The fourth-order valence-corrected chi connectivity index (χ4v) is 2.75. The van der Waals surface area contributed by atoms with Crippen LogP contribution in [0.1, 0.15) is 42.0 Å². The minimum Gasteiger partial charge on any atom is -0.380 e. The highest BCUT2D eigenvalue weighted by Crippen LogP contribution is 2.27. The lowest BCUT2D eigenvalue weighted by Gasteiger charge is -2.13. The number of aliphatic hydroxyl groups is 1. The maximum absolute atomic E-state index is 10.4. The highest BCUT2D eigenvalue weighted by Gasteiger charge is 2.18. The molecule has 3 heteroatoms. The molecule has 1 aromatic heterocycles. The number of benzene rings is 1. The van der Waals surface area contributed by atoms with Gasteiger partial charge in [-0.1, -0.05) is 18.2 Å². The van der Waals surface area contributed by atoms with Crippen molar-refractivity contribution in [1.82, 2.24) is 9.55 Å². The van der Waals surface area contributed by atoms with Gasteiger partial charge in [-0.25, -0.2) is 4.98 Å². The average molecular weight is 242 g/mol. The first-order valence-electron chi connectivity index (χ1n) is 6.60. The first-order chi connectivity index (χ1) is 8.79. The van der Waals surface area contributed by atoms with Crippen molar-refractivity contribution < 1.29 is 5.11 Å². The van der Waals surface area contributed by atoms with Crippen molar-refractivity contribution in [2.24, 2.45) is 0 Å². The molecule has 0 amide bonds. The molecular formula is C15H18N2O. The summed E-state index contributed by atoms with van der Waals surface area (Å²) < 4.78 is 1.98. The zero-order valence-corrected chi connectivity index (χ0v) is 10.6. The molecule has 0 fully saturated rings. The van der Waals surface area contributed by atoms with E-state index in [4.69, 9.17) is 0 Å². The molecule has 94 valence electrons. The summed E-state index contributed by atoms with van der Waals surface area (Å²) in [6.07, 6.45) is 6.58. The maximum Gasteiger partial charge on any atom is 0.142 e. The lowest BCUT2D eigenvalue weighted by atomic mass is 10.0. The average Bonchev–Trinajstić information content (AvgIpc) is 3.05. The monoisotopic (exact) mass is 242 g/mol. The van der Waals surface area contributed by atoms with Gasteiger partial charge in [-0.3, -0.25) is 0 Å². The molecule has 1 atom stereocenters. The predicted octanol–water partition coefficient (Wildman–Crippen LogP) is 2.47. The Morgan fingerprint density at radius 2 is 2.17 bits per heavy atom. The number of rotatable bonds is 3. The number of hydrogen-bond acceptors (Lipinski definition) is 2. The van der Waals surface area contributed by atoms with Gasteiger partial charge in [0, 0.05) is 18.9 Å². The molecule has 1 unspecified atom stereocenters. The van der Waals surface area contributed by atoms with E-state index in [-0.39, 0.29) is 0 Å². The zero-order chi connectivity index (χ0) is 12.5. The van der Waals surface area contributed by atoms with Gasteiger partial charge in [-0.2, -0.15) is 0 Å². The SMILES string of the molecule is CCn1ccnc1C(O)c1ccc2c(c1)CCC2. The van der Waals surface area contributed by atoms with Crippen LogP contribution in [-0.2, 0) is 19.4 Å². The standard InChI is InChI=1S/C15H18N2O/c1-2-17-9-8-16-15(17)14(18)13-7-6-11-4-3-5-12(11)10-13/h6-10,14,18H,2-5H2,1H3. The molecule has 0 radical (unpaired) electrons. The van der Waals surface area contributed by atoms with Crippen molar-refractivity contribution in [2.45, 2.75) is 38.8 Å².